The van der Waals surface area contributed by atoms with E-state index in [1.54, 1.807) is 17.8 Å². The molecule has 0 N–H and O–H groups in total. The van der Waals surface area contributed by atoms with Gasteiger partial charge in [0.2, 0.25) is 0 Å². The maximum absolute atomic E-state index is 12.9. The Morgan fingerprint density at radius 2 is 2.27 bits per heavy atom. The van der Waals surface area contributed by atoms with Crippen molar-refractivity contribution >= 4 is 17.5 Å². The number of rotatable bonds is 2. The summed E-state index contributed by atoms with van der Waals surface area (Å²) in [5, 5.41) is 0.319. The van der Waals surface area contributed by atoms with E-state index in [1.165, 1.54) is 12.1 Å². The summed E-state index contributed by atoms with van der Waals surface area (Å²) in [6.45, 7) is 1.96. The van der Waals surface area contributed by atoms with Crippen molar-refractivity contribution in [2.24, 2.45) is 5.92 Å². The number of hydrogen-bond acceptors (Lipinski definition) is 2. The molecule has 1 aliphatic rings. The molecule has 0 saturated heterocycles. The highest BCUT2D eigenvalue weighted by atomic mass is 32.2. The molecule has 1 aliphatic carbocycles. The maximum Gasteiger partial charge on any atom is 0.136 e. The van der Waals surface area contributed by atoms with Gasteiger partial charge in [-0.3, -0.25) is 4.79 Å². The first-order valence-electron chi connectivity index (χ1n) is 5.12. The highest BCUT2D eigenvalue weighted by molar-refractivity contribution is 8.00. The van der Waals surface area contributed by atoms with Crippen molar-refractivity contribution in [3.63, 3.8) is 0 Å². The van der Waals surface area contributed by atoms with Crippen molar-refractivity contribution in [3.8, 4) is 0 Å². The minimum Gasteiger partial charge on any atom is -0.299 e. The quantitative estimate of drug-likeness (QED) is 0.766. The molecule has 0 aromatic heterocycles. The second kappa shape index (κ2) is 4.35. The molecular weight excluding hydrogens is 211 g/mol. The van der Waals surface area contributed by atoms with Crippen molar-refractivity contribution in [2.75, 3.05) is 0 Å². The van der Waals surface area contributed by atoms with Gasteiger partial charge in [-0.15, -0.1) is 11.8 Å². The summed E-state index contributed by atoms with van der Waals surface area (Å²) in [5.74, 6) is 0.235. The molecular formula is C12H13FOS. The van der Waals surface area contributed by atoms with Crippen LogP contribution in [0, 0.1) is 11.7 Å². The molecule has 0 amide bonds. The number of hydrogen-bond donors (Lipinski definition) is 0. The molecule has 0 bridgehead atoms. The Labute approximate surface area is 93.1 Å². The van der Waals surface area contributed by atoms with E-state index < -0.39 is 0 Å². The van der Waals surface area contributed by atoms with Crippen LogP contribution in [0.15, 0.2) is 29.2 Å². The fourth-order valence-corrected chi connectivity index (χ4v) is 3.12. The van der Waals surface area contributed by atoms with Crippen LogP contribution in [0.1, 0.15) is 19.8 Å². The summed E-state index contributed by atoms with van der Waals surface area (Å²) in [6, 6.07) is 6.57. The van der Waals surface area contributed by atoms with Crippen molar-refractivity contribution in [1.82, 2.24) is 0 Å². The number of carbonyl (C=O) groups excluding carboxylic acids is 1. The second-order valence-corrected chi connectivity index (χ2v) is 5.22. The number of halogens is 1. The lowest BCUT2D eigenvalue weighted by Gasteiger charge is -2.13. The smallest absolute Gasteiger partial charge is 0.136 e. The van der Waals surface area contributed by atoms with Crippen molar-refractivity contribution < 1.29 is 9.18 Å². The van der Waals surface area contributed by atoms with Gasteiger partial charge in [0.25, 0.3) is 0 Å². The van der Waals surface area contributed by atoms with Gasteiger partial charge >= 0.3 is 0 Å². The fraction of sp³-hybridized carbons (Fsp3) is 0.417. The zero-order valence-electron chi connectivity index (χ0n) is 8.57. The molecule has 0 aliphatic heterocycles. The van der Waals surface area contributed by atoms with E-state index in [9.17, 15) is 9.18 Å². The van der Waals surface area contributed by atoms with Gasteiger partial charge in [-0.25, -0.2) is 4.39 Å². The third-order valence-corrected chi connectivity index (χ3v) is 4.30. The highest BCUT2D eigenvalue weighted by Crippen LogP contribution is 2.36. The monoisotopic (exact) mass is 224 g/mol. The van der Waals surface area contributed by atoms with E-state index in [0.717, 1.165) is 11.3 Å². The van der Waals surface area contributed by atoms with E-state index in [-0.39, 0.29) is 11.7 Å². The summed E-state index contributed by atoms with van der Waals surface area (Å²) in [6.07, 6.45) is 1.59. The average Bonchev–Trinajstić information content (AvgIpc) is 2.50. The average molecular weight is 224 g/mol. The molecule has 15 heavy (non-hydrogen) atoms. The predicted octanol–water partition coefficient (Wildman–Crippen LogP) is 3.29. The van der Waals surface area contributed by atoms with E-state index in [0.29, 0.717) is 17.5 Å². The van der Waals surface area contributed by atoms with Crippen LogP contribution in [0.25, 0.3) is 0 Å². The predicted molar refractivity (Wildman–Crippen MR) is 59.5 cm³/mol. The lowest BCUT2D eigenvalue weighted by molar-refractivity contribution is -0.120. The van der Waals surface area contributed by atoms with Crippen LogP contribution in [-0.4, -0.2) is 11.0 Å². The molecule has 1 fully saturated rings. The highest BCUT2D eigenvalue weighted by Gasteiger charge is 2.31. The van der Waals surface area contributed by atoms with Crippen molar-refractivity contribution in [2.45, 2.75) is 29.9 Å². The van der Waals surface area contributed by atoms with Gasteiger partial charge in [-0.1, -0.05) is 13.0 Å². The lowest BCUT2D eigenvalue weighted by Crippen LogP contribution is -2.11. The SMILES string of the molecule is CC1C(=O)CCC1Sc1cccc(F)c1. The van der Waals surface area contributed by atoms with Crippen LogP contribution in [0.5, 0.6) is 0 Å². The summed E-state index contributed by atoms with van der Waals surface area (Å²) < 4.78 is 12.9. The number of Topliss-reactive ketones (excluding diaryl/α,β-unsaturated/α-hetero) is 1. The minimum atomic E-state index is -0.211. The van der Waals surface area contributed by atoms with Crippen molar-refractivity contribution in [1.29, 1.82) is 0 Å². The molecule has 2 atom stereocenters. The zero-order chi connectivity index (χ0) is 10.8. The Hall–Kier alpha value is -0.830. The molecule has 1 saturated carbocycles. The van der Waals surface area contributed by atoms with E-state index in [2.05, 4.69) is 0 Å². The van der Waals surface area contributed by atoms with Crippen LogP contribution < -0.4 is 0 Å². The third-order valence-electron chi connectivity index (χ3n) is 2.82. The first-order chi connectivity index (χ1) is 7.16. The molecule has 0 radical (unpaired) electrons. The van der Waals surface area contributed by atoms with Crippen molar-refractivity contribution in [3.05, 3.63) is 30.1 Å². The summed E-state index contributed by atoms with van der Waals surface area (Å²) in [5.41, 5.74) is 0. The Morgan fingerprint density at radius 3 is 2.87 bits per heavy atom. The molecule has 1 nitrogen and oxygen atoms in total. The van der Waals surface area contributed by atoms with Crippen LogP contribution in [0.4, 0.5) is 4.39 Å². The van der Waals surface area contributed by atoms with E-state index >= 15 is 0 Å². The van der Waals surface area contributed by atoms with Crippen LogP contribution in [0.2, 0.25) is 0 Å². The zero-order valence-corrected chi connectivity index (χ0v) is 9.39. The molecule has 80 valence electrons. The van der Waals surface area contributed by atoms with Crippen LogP contribution in [0.3, 0.4) is 0 Å². The van der Waals surface area contributed by atoms with Gasteiger partial charge < -0.3 is 0 Å². The van der Waals surface area contributed by atoms with Crippen LogP contribution >= 0.6 is 11.8 Å². The maximum atomic E-state index is 12.9. The Balaban J connectivity index is 2.06. The number of benzene rings is 1. The molecule has 0 spiro atoms. The largest absolute Gasteiger partial charge is 0.299 e. The second-order valence-electron chi connectivity index (χ2n) is 3.91. The first kappa shape index (κ1) is 10.7. The van der Waals surface area contributed by atoms with Gasteiger partial charge in [0.15, 0.2) is 0 Å². The molecule has 2 unspecified atom stereocenters. The number of ketones is 1. The van der Waals surface area contributed by atoms with Gasteiger partial charge in [0, 0.05) is 22.5 Å². The molecule has 2 rings (SSSR count). The Morgan fingerprint density at radius 1 is 1.47 bits per heavy atom. The van der Waals surface area contributed by atoms with Crippen LogP contribution in [-0.2, 0) is 4.79 Å². The van der Waals surface area contributed by atoms with E-state index in [1.807, 2.05) is 13.0 Å². The summed E-state index contributed by atoms with van der Waals surface area (Å²) >= 11 is 1.62. The summed E-state index contributed by atoms with van der Waals surface area (Å²) in [4.78, 5) is 12.3. The van der Waals surface area contributed by atoms with Gasteiger partial charge in [0.05, 0.1) is 0 Å². The van der Waals surface area contributed by atoms with E-state index in [4.69, 9.17) is 0 Å². The number of thioether (sulfide) groups is 1. The Bertz CT molecular complexity index is 378. The fourth-order valence-electron chi connectivity index (χ4n) is 1.85. The molecule has 0 heterocycles. The lowest BCUT2D eigenvalue weighted by atomic mass is 10.1. The third kappa shape index (κ3) is 2.40. The first-order valence-corrected chi connectivity index (χ1v) is 6.00. The normalized spacial score (nSPS) is 25.9. The minimum absolute atomic E-state index is 0.110. The summed E-state index contributed by atoms with van der Waals surface area (Å²) in [7, 11) is 0. The molecule has 1 aromatic carbocycles. The standard InChI is InChI=1S/C12H13FOS/c1-8-11(14)5-6-12(8)15-10-4-2-3-9(13)7-10/h2-4,7-8,12H,5-6H2,1H3. The van der Waals surface area contributed by atoms with Gasteiger partial charge in [-0.05, 0) is 24.6 Å². The number of carbonyl (C=O) groups is 1. The topological polar surface area (TPSA) is 17.1 Å². The molecule has 1 aromatic rings. The Kier molecular flexibility index (Phi) is 3.10. The molecule has 3 heteroatoms. The van der Waals surface area contributed by atoms with Gasteiger partial charge in [0.1, 0.15) is 11.6 Å². The van der Waals surface area contributed by atoms with Gasteiger partial charge in [-0.2, -0.15) is 0 Å².